The molecule has 0 saturated carbocycles. The number of ether oxygens (including phenoxy) is 2. The van der Waals surface area contributed by atoms with Crippen LogP contribution in [-0.4, -0.2) is 39.2 Å². The number of ketones is 2. The molecule has 2 unspecified atom stereocenters. The van der Waals surface area contributed by atoms with E-state index in [0.29, 0.717) is 28.9 Å². The number of rotatable bonds is 14. The molecule has 0 aliphatic carbocycles. The van der Waals surface area contributed by atoms with Gasteiger partial charge in [0.1, 0.15) is 34.2 Å². The van der Waals surface area contributed by atoms with Gasteiger partial charge in [-0.2, -0.15) is 8.42 Å². The molecule has 2 atom stereocenters. The Morgan fingerprint density at radius 1 is 0.341 bits per heavy atom. The summed E-state index contributed by atoms with van der Waals surface area (Å²) in [4.78, 5) is 27.4. The summed E-state index contributed by atoms with van der Waals surface area (Å²) in [6, 6.07) is 99.0. The summed E-state index contributed by atoms with van der Waals surface area (Å²) in [5, 5.41) is 5.81. The van der Waals surface area contributed by atoms with Crippen LogP contribution in [0.2, 0.25) is 0 Å². The second-order valence-electron chi connectivity index (χ2n) is 20.7. The first-order chi connectivity index (χ1) is 42.6. The molecule has 0 spiro atoms. The summed E-state index contributed by atoms with van der Waals surface area (Å²) < 4.78 is 52.4. The minimum atomic E-state index is -3.67. The zero-order valence-electron chi connectivity index (χ0n) is 47.7. The molecule has 12 aromatic carbocycles. The number of fused-ring (bicyclic) bond motifs is 6. The highest BCUT2D eigenvalue weighted by molar-refractivity contribution is 7.85. The van der Waals surface area contributed by atoms with Gasteiger partial charge in [-0.3, -0.25) is 14.1 Å². The van der Waals surface area contributed by atoms with Gasteiger partial charge in [0, 0.05) is 85.2 Å². The molecule has 3 radical (unpaired) electrons. The lowest BCUT2D eigenvalue weighted by Gasteiger charge is -2.22. The molecule has 14 aromatic rings. The number of hydrogen-bond acceptors (Lipinski definition) is 8. The predicted octanol–water partition coefficient (Wildman–Crippen LogP) is 19.0. The van der Waals surface area contributed by atoms with Crippen LogP contribution < -0.4 is 9.47 Å². The highest BCUT2D eigenvalue weighted by atomic mass is 32.2. The van der Waals surface area contributed by atoms with Gasteiger partial charge >= 0.3 is 0 Å². The molecule has 427 valence electrons. The van der Waals surface area contributed by atoms with Gasteiger partial charge in [0.25, 0.3) is 10.1 Å². The van der Waals surface area contributed by atoms with E-state index in [9.17, 15) is 18.0 Å². The number of furan rings is 2. The van der Waals surface area contributed by atoms with E-state index < -0.39 is 22.3 Å². The van der Waals surface area contributed by atoms with Gasteiger partial charge in [0.2, 0.25) is 11.6 Å². The van der Waals surface area contributed by atoms with E-state index in [4.69, 9.17) is 22.9 Å². The molecule has 0 aliphatic rings. The van der Waals surface area contributed by atoms with E-state index in [1.165, 1.54) is 0 Å². The molecule has 11 heteroatoms. The normalized spacial score (nSPS) is 11.8. The number of carbonyl (C=O) groups is 2. The standard InChI is InChI=1S/C38H28O4.C38H24O2.CH4O3S.B/c39-35(27-15-5-1-6-16-27)37(29-19-9-3-10-20-29)41-33-25-13-24-32-31(33)23-14-26-34(32)42-38(30-21-11-4-12-22-30)36(40)28-17-7-2-8-18-28;1-5-13-25(14-6-1)33-31-23-21-30-29(37(31)39-35(33)27-17-9-3-10-18-27)22-24-32-34(26-15-7-2-8-16-26)36(40-38(30)32)28-19-11-4-12-20-28;1-5(2,3)4;/h1-26,37-38H;1-24H;1H3,(H,2,3,4);. The maximum Gasteiger partial charge on any atom is 0.261 e. The summed E-state index contributed by atoms with van der Waals surface area (Å²) in [5.41, 5.74) is 11.0. The van der Waals surface area contributed by atoms with Gasteiger partial charge < -0.3 is 18.3 Å². The van der Waals surface area contributed by atoms with Gasteiger partial charge in [-0.05, 0) is 47.5 Å². The van der Waals surface area contributed by atoms with Crippen LogP contribution in [0.1, 0.15) is 44.1 Å². The quantitative estimate of drug-likeness (QED) is 0.0642. The topological polar surface area (TPSA) is 133 Å². The Morgan fingerprint density at radius 2 is 0.614 bits per heavy atom. The summed E-state index contributed by atoms with van der Waals surface area (Å²) in [7, 11) is -3.67. The molecule has 0 fully saturated rings. The second kappa shape index (κ2) is 26.6. The summed E-state index contributed by atoms with van der Waals surface area (Å²) in [5.74, 6) is 2.57. The maximum absolute atomic E-state index is 13.7. The van der Waals surface area contributed by atoms with Crippen molar-refractivity contribution >= 4 is 73.6 Å². The van der Waals surface area contributed by atoms with E-state index in [1.807, 2.05) is 158 Å². The molecule has 14 rings (SSSR count). The molecular formula is C77H56BO9S. The van der Waals surface area contributed by atoms with Crippen molar-refractivity contribution in [1.29, 1.82) is 0 Å². The lowest BCUT2D eigenvalue weighted by Crippen LogP contribution is -2.20. The summed E-state index contributed by atoms with van der Waals surface area (Å²) in [6.45, 7) is 0. The van der Waals surface area contributed by atoms with Gasteiger partial charge in [0.05, 0.1) is 6.26 Å². The monoisotopic (exact) mass is 1170 g/mol. The lowest BCUT2D eigenvalue weighted by atomic mass is 9.95. The third kappa shape index (κ3) is 12.9. The molecule has 0 amide bonds. The summed E-state index contributed by atoms with van der Waals surface area (Å²) >= 11 is 0. The van der Waals surface area contributed by atoms with Crippen molar-refractivity contribution in [2.24, 2.45) is 0 Å². The highest BCUT2D eigenvalue weighted by Crippen LogP contribution is 2.48. The van der Waals surface area contributed by atoms with E-state index in [0.717, 1.165) is 99.5 Å². The van der Waals surface area contributed by atoms with Gasteiger partial charge in [0.15, 0.2) is 12.2 Å². The third-order valence-corrected chi connectivity index (χ3v) is 14.8. The Labute approximate surface area is 512 Å². The average molecular weight is 1170 g/mol. The fourth-order valence-corrected chi connectivity index (χ4v) is 10.9. The molecule has 88 heavy (non-hydrogen) atoms. The Hall–Kier alpha value is -10.8. The second-order valence-corrected chi connectivity index (χ2v) is 22.1. The Bertz CT molecular complexity index is 4500. The van der Waals surface area contributed by atoms with Crippen molar-refractivity contribution in [2.75, 3.05) is 6.26 Å². The highest BCUT2D eigenvalue weighted by Gasteiger charge is 2.28. The number of carbonyl (C=O) groups excluding carboxylic acids is 2. The molecule has 2 heterocycles. The van der Waals surface area contributed by atoms with E-state index >= 15 is 0 Å². The van der Waals surface area contributed by atoms with Crippen LogP contribution in [0.3, 0.4) is 0 Å². The number of hydrogen-bond donors (Lipinski definition) is 1. The Kier molecular flexibility index (Phi) is 17.8. The van der Waals surface area contributed by atoms with E-state index in [1.54, 1.807) is 24.3 Å². The van der Waals surface area contributed by atoms with E-state index in [-0.39, 0.29) is 20.0 Å². The van der Waals surface area contributed by atoms with E-state index in [2.05, 4.69) is 121 Å². The SMILES string of the molecule is CS(=O)(=O)O.O=C(c1ccccc1)C(Oc1cccc2c(OC(C(=O)c3ccccc3)c3ccccc3)cccc12)c1ccccc1.[B].c1ccc(-c2oc3c(ccc4c3ccc3c(-c5ccccc5)c(-c5ccccc5)oc34)c2-c2ccccc2)cc1. The van der Waals surface area contributed by atoms with Crippen molar-refractivity contribution in [2.45, 2.75) is 12.2 Å². The molecule has 0 saturated heterocycles. The van der Waals surface area contributed by atoms with Gasteiger partial charge in [-0.1, -0.05) is 267 Å². The number of Topliss-reactive ketones (excluding diaryl/α,β-unsaturated/α-hetero) is 2. The van der Waals surface area contributed by atoms with Crippen molar-refractivity contribution in [3.05, 3.63) is 326 Å². The lowest BCUT2D eigenvalue weighted by molar-refractivity contribution is 0.0787. The minimum absolute atomic E-state index is 0. The van der Waals surface area contributed by atoms with Crippen molar-refractivity contribution < 1.29 is 40.9 Å². The first-order valence-electron chi connectivity index (χ1n) is 28.3. The molecule has 9 nitrogen and oxygen atoms in total. The zero-order valence-corrected chi connectivity index (χ0v) is 48.5. The molecule has 0 aliphatic heterocycles. The fourth-order valence-electron chi connectivity index (χ4n) is 10.9. The van der Waals surface area contributed by atoms with Crippen molar-refractivity contribution in [3.63, 3.8) is 0 Å². The summed E-state index contributed by atoms with van der Waals surface area (Å²) in [6.07, 6.45) is -0.978. The van der Waals surface area contributed by atoms with Crippen LogP contribution in [0.4, 0.5) is 0 Å². The maximum atomic E-state index is 13.7. The largest absolute Gasteiger partial charge is 0.477 e. The van der Waals surface area contributed by atoms with Crippen LogP contribution in [0.25, 0.3) is 88.4 Å². The fraction of sp³-hybridized carbons (Fsp3) is 0.0390. The Morgan fingerprint density at radius 3 is 0.932 bits per heavy atom. The number of benzene rings is 12. The van der Waals surface area contributed by atoms with Crippen LogP contribution >= 0.6 is 0 Å². The average Bonchev–Trinajstić information content (AvgIpc) is 1.96. The first kappa shape index (κ1) is 58.9. The molecule has 0 bridgehead atoms. The molecule has 1 N–H and O–H groups in total. The first-order valence-corrected chi connectivity index (χ1v) is 30.1. The van der Waals surface area contributed by atoms with Crippen molar-refractivity contribution in [1.82, 2.24) is 0 Å². The van der Waals surface area contributed by atoms with Gasteiger partial charge in [-0.15, -0.1) is 0 Å². The van der Waals surface area contributed by atoms with Crippen LogP contribution in [-0.2, 0) is 10.1 Å². The van der Waals surface area contributed by atoms with Crippen LogP contribution in [0, 0.1) is 0 Å². The van der Waals surface area contributed by atoms with Crippen LogP contribution in [0.5, 0.6) is 11.5 Å². The zero-order chi connectivity index (χ0) is 59.7. The molecule has 2 aromatic heterocycles. The van der Waals surface area contributed by atoms with Gasteiger partial charge in [-0.25, -0.2) is 0 Å². The Balaban J connectivity index is 0.000000167. The predicted molar refractivity (Wildman–Crippen MR) is 354 cm³/mol. The minimum Gasteiger partial charge on any atom is -0.477 e. The molecular weight excluding hydrogens is 1110 g/mol. The van der Waals surface area contributed by atoms with Crippen LogP contribution in [0.15, 0.2) is 312 Å². The third-order valence-electron chi connectivity index (χ3n) is 14.8. The van der Waals surface area contributed by atoms with Crippen molar-refractivity contribution in [3.8, 4) is 56.4 Å². The smallest absolute Gasteiger partial charge is 0.261 e.